The van der Waals surface area contributed by atoms with Crippen molar-refractivity contribution in [3.8, 4) is 11.3 Å². The number of nitrogens with one attached hydrogen (secondary N) is 3. The lowest BCUT2D eigenvalue weighted by molar-refractivity contribution is 0.0916. The van der Waals surface area contributed by atoms with Crippen molar-refractivity contribution in [2.24, 2.45) is 0 Å². The largest absolute Gasteiger partial charge is 0.393 e. The number of carbonyl (C=O) groups excluding carboxylic acids is 1. The van der Waals surface area contributed by atoms with E-state index in [0.29, 0.717) is 11.5 Å². The van der Waals surface area contributed by atoms with Gasteiger partial charge in [0.15, 0.2) is 0 Å². The van der Waals surface area contributed by atoms with Crippen molar-refractivity contribution in [3.05, 3.63) is 30.1 Å². The first-order chi connectivity index (χ1) is 17.4. The molecule has 0 aromatic carbocycles. The van der Waals surface area contributed by atoms with Crippen molar-refractivity contribution in [3.63, 3.8) is 0 Å². The quantitative estimate of drug-likeness (QED) is 0.416. The van der Waals surface area contributed by atoms with Gasteiger partial charge >= 0.3 is 0 Å². The van der Waals surface area contributed by atoms with Gasteiger partial charge in [0.2, 0.25) is 5.95 Å². The standard InChI is InChI=1S/C27H41N7O2/c1-4-5-18(2)30-27-29-17-23(25(33-27)31-20-7-9-22(35)10-8-20)24-11-6-19(16-28-24)26(36)32-21-12-14-34(3)15-13-21/h6,11,16-18,20-22,35H,4-5,7-10,12-15H2,1-3H3,(H,32,36)(H2,29,30,31,33). The molecule has 196 valence electrons. The van der Waals surface area contributed by atoms with Gasteiger partial charge in [-0.25, -0.2) is 4.98 Å². The molecule has 36 heavy (non-hydrogen) atoms. The van der Waals surface area contributed by atoms with Gasteiger partial charge in [-0.15, -0.1) is 0 Å². The zero-order valence-corrected chi connectivity index (χ0v) is 21.8. The first-order valence-electron chi connectivity index (χ1n) is 13.4. The Hall–Kier alpha value is -2.78. The monoisotopic (exact) mass is 495 g/mol. The van der Waals surface area contributed by atoms with Crippen LogP contribution in [-0.4, -0.2) is 75.2 Å². The summed E-state index contributed by atoms with van der Waals surface area (Å²) in [6, 6.07) is 4.41. The number of anilines is 2. The topological polar surface area (TPSA) is 115 Å². The molecule has 2 aromatic heterocycles. The summed E-state index contributed by atoms with van der Waals surface area (Å²) in [5.74, 6) is 1.24. The minimum atomic E-state index is -0.213. The minimum Gasteiger partial charge on any atom is -0.393 e. The van der Waals surface area contributed by atoms with Crippen molar-refractivity contribution < 1.29 is 9.90 Å². The summed E-state index contributed by atoms with van der Waals surface area (Å²) in [5, 5.41) is 20.0. The summed E-state index contributed by atoms with van der Waals surface area (Å²) in [7, 11) is 2.11. The van der Waals surface area contributed by atoms with Gasteiger partial charge in [-0.3, -0.25) is 9.78 Å². The molecule has 1 aliphatic carbocycles. The highest BCUT2D eigenvalue weighted by atomic mass is 16.3. The number of aliphatic hydroxyl groups is 1. The number of aliphatic hydroxyl groups excluding tert-OH is 1. The van der Waals surface area contributed by atoms with Gasteiger partial charge in [0.1, 0.15) is 5.82 Å². The Morgan fingerprint density at radius 1 is 1.08 bits per heavy atom. The molecule has 1 amide bonds. The molecule has 4 N–H and O–H groups in total. The van der Waals surface area contributed by atoms with E-state index in [-0.39, 0.29) is 30.1 Å². The molecule has 0 radical (unpaired) electrons. The van der Waals surface area contributed by atoms with E-state index in [9.17, 15) is 9.90 Å². The number of aromatic nitrogens is 3. The fourth-order valence-electron chi connectivity index (χ4n) is 5.00. The van der Waals surface area contributed by atoms with Crippen LogP contribution in [0.5, 0.6) is 0 Å². The van der Waals surface area contributed by atoms with Crippen molar-refractivity contribution in [1.82, 2.24) is 25.2 Å². The Morgan fingerprint density at radius 3 is 2.50 bits per heavy atom. The molecule has 0 spiro atoms. The molecule has 3 heterocycles. The van der Waals surface area contributed by atoms with Gasteiger partial charge in [0.05, 0.1) is 22.9 Å². The second-order valence-corrected chi connectivity index (χ2v) is 10.4. The number of hydrogen-bond acceptors (Lipinski definition) is 8. The molecule has 2 aromatic rings. The molecule has 4 rings (SSSR count). The highest BCUT2D eigenvalue weighted by Crippen LogP contribution is 2.29. The summed E-state index contributed by atoms with van der Waals surface area (Å²) >= 11 is 0. The van der Waals surface area contributed by atoms with Crippen LogP contribution in [0.2, 0.25) is 0 Å². The fourth-order valence-corrected chi connectivity index (χ4v) is 5.00. The number of piperidine rings is 1. The Labute approximate surface area is 214 Å². The third-order valence-electron chi connectivity index (χ3n) is 7.28. The molecule has 1 aliphatic heterocycles. The van der Waals surface area contributed by atoms with Crippen molar-refractivity contribution in [2.75, 3.05) is 30.8 Å². The third-order valence-corrected chi connectivity index (χ3v) is 7.28. The summed E-state index contributed by atoms with van der Waals surface area (Å²) < 4.78 is 0. The first-order valence-corrected chi connectivity index (χ1v) is 13.4. The lowest BCUT2D eigenvalue weighted by Gasteiger charge is -2.29. The smallest absolute Gasteiger partial charge is 0.253 e. The molecule has 1 atom stereocenters. The summed E-state index contributed by atoms with van der Waals surface area (Å²) in [6.45, 7) is 6.29. The second-order valence-electron chi connectivity index (χ2n) is 10.4. The van der Waals surface area contributed by atoms with Crippen LogP contribution >= 0.6 is 0 Å². The summed E-state index contributed by atoms with van der Waals surface area (Å²) in [4.78, 5) is 29.0. The van der Waals surface area contributed by atoms with Crippen LogP contribution in [0.4, 0.5) is 11.8 Å². The average Bonchev–Trinajstić information content (AvgIpc) is 2.87. The summed E-state index contributed by atoms with van der Waals surface area (Å²) in [5.41, 5.74) is 2.08. The maximum atomic E-state index is 12.8. The number of rotatable bonds is 9. The van der Waals surface area contributed by atoms with E-state index in [4.69, 9.17) is 4.98 Å². The Balaban J connectivity index is 1.50. The molecule has 2 fully saturated rings. The maximum Gasteiger partial charge on any atom is 0.253 e. The minimum absolute atomic E-state index is 0.0802. The molecular weight excluding hydrogens is 454 g/mol. The van der Waals surface area contributed by atoms with Crippen LogP contribution < -0.4 is 16.0 Å². The molecule has 1 unspecified atom stereocenters. The van der Waals surface area contributed by atoms with E-state index in [0.717, 1.165) is 81.5 Å². The normalized spacial score (nSPS) is 22.1. The third kappa shape index (κ3) is 7.13. The zero-order chi connectivity index (χ0) is 25.5. The summed E-state index contributed by atoms with van der Waals surface area (Å²) in [6.07, 6.45) is 10.6. The molecular formula is C27H41N7O2. The number of likely N-dealkylation sites (tertiary alicyclic amines) is 1. The van der Waals surface area contributed by atoms with E-state index in [2.05, 4.69) is 51.7 Å². The van der Waals surface area contributed by atoms with Crippen LogP contribution in [0.25, 0.3) is 11.3 Å². The first kappa shape index (κ1) is 26.3. The average molecular weight is 496 g/mol. The molecule has 0 bridgehead atoms. The van der Waals surface area contributed by atoms with Gasteiger partial charge in [0.25, 0.3) is 5.91 Å². The van der Waals surface area contributed by atoms with Crippen LogP contribution in [-0.2, 0) is 0 Å². The Kier molecular flexibility index (Phi) is 9.09. The lowest BCUT2D eigenvalue weighted by atomic mass is 9.93. The van der Waals surface area contributed by atoms with Gasteiger partial charge in [-0.2, -0.15) is 4.98 Å². The van der Waals surface area contributed by atoms with E-state index < -0.39 is 0 Å². The molecule has 9 nitrogen and oxygen atoms in total. The van der Waals surface area contributed by atoms with Crippen LogP contribution in [0, 0.1) is 0 Å². The molecule has 1 saturated heterocycles. The van der Waals surface area contributed by atoms with Crippen molar-refractivity contribution >= 4 is 17.7 Å². The maximum absolute atomic E-state index is 12.8. The SMILES string of the molecule is CCCC(C)Nc1ncc(-c2ccc(C(=O)NC3CCN(C)CC3)cn2)c(NC2CCC(O)CC2)n1. The van der Waals surface area contributed by atoms with Gasteiger partial charge in [-0.05, 0) is 84.1 Å². The second kappa shape index (κ2) is 12.5. The molecule has 2 aliphatic rings. The number of amides is 1. The van der Waals surface area contributed by atoms with E-state index in [1.807, 2.05) is 12.1 Å². The van der Waals surface area contributed by atoms with Crippen molar-refractivity contribution in [2.45, 2.75) is 89.4 Å². The van der Waals surface area contributed by atoms with E-state index in [1.165, 1.54) is 0 Å². The zero-order valence-electron chi connectivity index (χ0n) is 21.8. The van der Waals surface area contributed by atoms with Crippen LogP contribution in [0.1, 0.15) is 75.6 Å². The predicted octanol–water partition coefficient (Wildman–Crippen LogP) is 3.68. The predicted molar refractivity (Wildman–Crippen MR) is 143 cm³/mol. The highest BCUT2D eigenvalue weighted by Gasteiger charge is 2.23. The van der Waals surface area contributed by atoms with Gasteiger partial charge in [0, 0.05) is 30.5 Å². The fraction of sp³-hybridized carbons (Fsp3) is 0.630. The van der Waals surface area contributed by atoms with Crippen LogP contribution in [0.15, 0.2) is 24.5 Å². The Morgan fingerprint density at radius 2 is 1.83 bits per heavy atom. The van der Waals surface area contributed by atoms with E-state index >= 15 is 0 Å². The van der Waals surface area contributed by atoms with Gasteiger partial charge < -0.3 is 26.0 Å². The van der Waals surface area contributed by atoms with Crippen molar-refractivity contribution in [1.29, 1.82) is 0 Å². The number of nitrogens with zero attached hydrogens (tertiary/aromatic N) is 4. The lowest BCUT2D eigenvalue weighted by Crippen LogP contribution is -2.43. The molecule has 9 heteroatoms. The number of hydrogen-bond donors (Lipinski definition) is 4. The van der Waals surface area contributed by atoms with Crippen LogP contribution in [0.3, 0.4) is 0 Å². The van der Waals surface area contributed by atoms with Gasteiger partial charge in [-0.1, -0.05) is 13.3 Å². The van der Waals surface area contributed by atoms with E-state index in [1.54, 1.807) is 12.4 Å². The number of pyridine rings is 1. The Bertz CT molecular complexity index is 984. The molecule has 1 saturated carbocycles. The number of carbonyl (C=O) groups is 1. The highest BCUT2D eigenvalue weighted by molar-refractivity contribution is 5.94.